The minimum Gasteiger partial charge on any atom is -0.497 e. The van der Waals surface area contributed by atoms with Gasteiger partial charge in [-0.3, -0.25) is 0 Å². The lowest BCUT2D eigenvalue weighted by atomic mass is 9.67. The Morgan fingerprint density at radius 2 is 1.00 bits per heavy atom. The maximum absolute atomic E-state index is 5.22. The molecular weight excluding hydrogens is 248 g/mol. The third kappa shape index (κ3) is 2.38. The van der Waals surface area contributed by atoms with Crippen LogP contribution in [0.15, 0.2) is 48.5 Å². The van der Waals surface area contributed by atoms with Crippen molar-refractivity contribution in [3.05, 3.63) is 59.7 Å². The smallest absolute Gasteiger partial charge is 0.118 e. The fourth-order valence-electron chi connectivity index (χ4n) is 3.00. The van der Waals surface area contributed by atoms with E-state index in [0.717, 1.165) is 11.5 Å². The van der Waals surface area contributed by atoms with E-state index >= 15 is 0 Å². The van der Waals surface area contributed by atoms with Gasteiger partial charge in [0, 0.05) is 0 Å². The number of hydrogen-bond donors (Lipinski definition) is 0. The van der Waals surface area contributed by atoms with Crippen LogP contribution in [0.3, 0.4) is 0 Å². The van der Waals surface area contributed by atoms with Gasteiger partial charge in [0.15, 0.2) is 0 Å². The highest BCUT2D eigenvalue weighted by Crippen LogP contribution is 2.49. The molecule has 1 aliphatic rings. The van der Waals surface area contributed by atoms with Crippen LogP contribution in [-0.4, -0.2) is 14.2 Å². The SMILES string of the molecule is COc1ccc([C@@H]2CC[C@H]2c2ccc(OC)cc2)cc1. The Balaban J connectivity index is 1.77. The summed E-state index contributed by atoms with van der Waals surface area (Å²) in [5.74, 6) is 3.12. The normalized spacial score (nSPS) is 21.1. The van der Waals surface area contributed by atoms with Crippen molar-refractivity contribution in [2.75, 3.05) is 14.2 Å². The number of ether oxygens (including phenoxy) is 2. The van der Waals surface area contributed by atoms with E-state index in [1.165, 1.54) is 24.0 Å². The fourth-order valence-corrected chi connectivity index (χ4v) is 3.00. The molecule has 0 aromatic heterocycles. The molecule has 0 amide bonds. The topological polar surface area (TPSA) is 18.5 Å². The fraction of sp³-hybridized carbons (Fsp3) is 0.333. The molecule has 1 aliphatic carbocycles. The van der Waals surface area contributed by atoms with E-state index in [2.05, 4.69) is 48.5 Å². The standard InChI is InChI=1S/C18H20O2/c1-19-15-7-3-13(4-8-15)17-11-12-18(17)14-5-9-16(20-2)10-6-14/h3-10,17-18H,11-12H2,1-2H3/t17-,18-/m0/s1. The predicted molar refractivity (Wildman–Crippen MR) is 80.7 cm³/mol. The molecule has 2 nitrogen and oxygen atoms in total. The van der Waals surface area contributed by atoms with Gasteiger partial charge in [0.1, 0.15) is 11.5 Å². The molecule has 2 heteroatoms. The average Bonchev–Trinajstić information content (AvgIpc) is 2.48. The number of hydrogen-bond acceptors (Lipinski definition) is 2. The summed E-state index contributed by atoms with van der Waals surface area (Å²) in [5, 5.41) is 0. The van der Waals surface area contributed by atoms with Crippen LogP contribution >= 0.6 is 0 Å². The minimum atomic E-state index is 0.634. The van der Waals surface area contributed by atoms with E-state index in [-0.39, 0.29) is 0 Å². The molecule has 2 aromatic rings. The van der Waals surface area contributed by atoms with Crippen molar-refractivity contribution in [1.82, 2.24) is 0 Å². The van der Waals surface area contributed by atoms with Crippen molar-refractivity contribution in [3.63, 3.8) is 0 Å². The quantitative estimate of drug-likeness (QED) is 0.820. The molecule has 20 heavy (non-hydrogen) atoms. The maximum atomic E-state index is 5.22. The summed E-state index contributed by atoms with van der Waals surface area (Å²) in [5.41, 5.74) is 2.83. The Hall–Kier alpha value is -1.96. The summed E-state index contributed by atoms with van der Waals surface area (Å²) in [7, 11) is 3.41. The van der Waals surface area contributed by atoms with Crippen LogP contribution < -0.4 is 9.47 Å². The van der Waals surface area contributed by atoms with Crippen LogP contribution in [0.5, 0.6) is 11.5 Å². The Morgan fingerprint density at radius 3 is 1.25 bits per heavy atom. The van der Waals surface area contributed by atoms with Gasteiger partial charge < -0.3 is 9.47 Å². The van der Waals surface area contributed by atoms with E-state index in [1.54, 1.807) is 14.2 Å². The predicted octanol–water partition coefficient (Wildman–Crippen LogP) is 4.37. The van der Waals surface area contributed by atoms with Gasteiger partial charge in [-0.1, -0.05) is 24.3 Å². The number of methoxy groups -OCH3 is 2. The Labute approximate surface area is 120 Å². The molecule has 1 saturated carbocycles. The van der Waals surface area contributed by atoms with Crippen molar-refractivity contribution in [1.29, 1.82) is 0 Å². The second-order valence-electron chi connectivity index (χ2n) is 5.34. The van der Waals surface area contributed by atoms with E-state index < -0.39 is 0 Å². The molecule has 0 spiro atoms. The minimum absolute atomic E-state index is 0.634. The Morgan fingerprint density at radius 1 is 0.650 bits per heavy atom. The first-order valence-electron chi connectivity index (χ1n) is 7.09. The van der Waals surface area contributed by atoms with Gasteiger partial charge in [0.25, 0.3) is 0 Å². The van der Waals surface area contributed by atoms with Crippen LogP contribution in [0.2, 0.25) is 0 Å². The first kappa shape index (κ1) is 13.0. The molecule has 0 N–H and O–H groups in total. The largest absolute Gasteiger partial charge is 0.497 e. The molecule has 2 aromatic carbocycles. The second-order valence-corrected chi connectivity index (χ2v) is 5.34. The van der Waals surface area contributed by atoms with Crippen molar-refractivity contribution in [2.45, 2.75) is 24.7 Å². The van der Waals surface area contributed by atoms with Gasteiger partial charge >= 0.3 is 0 Å². The van der Waals surface area contributed by atoms with Gasteiger partial charge in [-0.25, -0.2) is 0 Å². The summed E-state index contributed by atoms with van der Waals surface area (Å²) in [4.78, 5) is 0. The summed E-state index contributed by atoms with van der Waals surface area (Å²) in [6.45, 7) is 0. The van der Waals surface area contributed by atoms with Crippen molar-refractivity contribution >= 4 is 0 Å². The molecule has 0 saturated heterocycles. The lowest BCUT2D eigenvalue weighted by molar-refractivity contribution is 0.345. The molecule has 2 atom stereocenters. The van der Waals surface area contributed by atoms with Crippen LogP contribution in [0.25, 0.3) is 0 Å². The van der Waals surface area contributed by atoms with Gasteiger partial charge in [0.2, 0.25) is 0 Å². The molecule has 0 radical (unpaired) electrons. The highest BCUT2D eigenvalue weighted by atomic mass is 16.5. The lowest BCUT2D eigenvalue weighted by Crippen LogP contribution is -2.21. The summed E-state index contributed by atoms with van der Waals surface area (Å²) < 4.78 is 10.4. The molecule has 0 bridgehead atoms. The maximum Gasteiger partial charge on any atom is 0.118 e. The second kappa shape index (κ2) is 5.58. The average molecular weight is 268 g/mol. The van der Waals surface area contributed by atoms with E-state index in [1.807, 2.05) is 0 Å². The molecule has 0 aliphatic heterocycles. The number of benzene rings is 2. The third-order valence-electron chi connectivity index (χ3n) is 4.36. The summed E-state index contributed by atoms with van der Waals surface area (Å²) >= 11 is 0. The van der Waals surface area contributed by atoms with Crippen LogP contribution in [0.4, 0.5) is 0 Å². The molecule has 104 valence electrons. The van der Waals surface area contributed by atoms with Crippen LogP contribution in [0.1, 0.15) is 35.8 Å². The van der Waals surface area contributed by atoms with Gasteiger partial charge in [0.05, 0.1) is 14.2 Å². The van der Waals surface area contributed by atoms with E-state index in [0.29, 0.717) is 11.8 Å². The first-order valence-corrected chi connectivity index (χ1v) is 7.09. The van der Waals surface area contributed by atoms with Crippen molar-refractivity contribution in [2.24, 2.45) is 0 Å². The summed E-state index contributed by atoms with van der Waals surface area (Å²) in [6.07, 6.45) is 2.53. The highest BCUT2D eigenvalue weighted by Gasteiger charge is 2.33. The zero-order chi connectivity index (χ0) is 13.9. The molecule has 0 unspecified atom stereocenters. The molecule has 1 fully saturated rings. The summed E-state index contributed by atoms with van der Waals surface area (Å²) in [6, 6.07) is 17.0. The van der Waals surface area contributed by atoms with Crippen molar-refractivity contribution < 1.29 is 9.47 Å². The lowest BCUT2D eigenvalue weighted by Gasteiger charge is -2.37. The first-order chi connectivity index (χ1) is 9.81. The van der Waals surface area contributed by atoms with Gasteiger partial charge in [-0.15, -0.1) is 0 Å². The van der Waals surface area contributed by atoms with Gasteiger partial charge in [-0.2, -0.15) is 0 Å². The molecule has 0 heterocycles. The Kier molecular flexibility index (Phi) is 3.64. The molecular formula is C18H20O2. The van der Waals surface area contributed by atoms with E-state index in [4.69, 9.17) is 9.47 Å². The van der Waals surface area contributed by atoms with Crippen LogP contribution in [-0.2, 0) is 0 Å². The zero-order valence-electron chi connectivity index (χ0n) is 12.0. The number of rotatable bonds is 4. The monoisotopic (exact) mass is 268 g/mol. The Bertz CT molecular complexity index is 503. The van der Waals surface area contributed by atoms with Gasteiger partial charge in [-0.05, 0) is 60.1 Å². The van der Waals surface area contributed by atoms with Crippen LogP contribution in [0, 0.1) is 0 Å². The van der Waals surface area contributed by atoms with E-state index in [9.17, 15) is 0 Å². The zero-order valence-corrected chi connectivity index (χ0v) is 12.0. The third-order valence-corrected chi connectivity index (χ3v) is 4.36. The molecule has 3 rings (SSSR count). The van der Waals surface area contributed by atoms with Crippen molar-refractivity contribution in [3.8, 4) is 11.5 Å². The highest BCUT2D eigenvalue weighted by molar-refractivity contribution is 5.37.